The molecule has 1 atom stereocenters. The molecule has 1 saturated heterocycles. The van der Waals surface area contributed by atoms with Crippen LogP contribution < -0.4 is 5.32 Å². The largest absolute Gasteiger partial charge is 0.480 e. The molecule has 1 aliphatic carbocycles. The zero-order chi connectivity index (χ0) is 13.0. The number of nitrogens with one attached hydrogen (secondary N) is 1. The second-order valence-corrected chi connectivity index (χ2v) is 5.34. The molecular formula is C13H21NO4. The van der Waals surface area contributed by atoms with E-state index in [4.69, 9.17) is 4.74 Å². The van der Waals surface area contributed by atoms with Gasteiger partial charge in [-0.05, 0) is 32.1 Å². The van der Waals surface area contributed by atoms with E-state index >= 15 is 0 Å². The molecule has 0 aromatic rings. The van der Waals surface area contributed by atoms with Crippen molar-refractivity contribution in [3.05, 3.63) is 0 Å². The Labute approximate surface area is 107 Å². The molecule has 1 aliphatic heterocycles. The number of carbonyl (C=O) groups excluding carboxylic acids is 1. The van der Waals surface area contributed by atoms with Gasteiger partial charge in [0.25, 0.3) is 0 Å². The van der Waals surface area contributed by atoms with Crippen LogP contribution >= 0.6 is 0 Å². The minimum Gasteiger partial charge on any atom is -0.480 e. The number of rotatable bonds is 4. The molecule has 2 aliphatic rings. The Bertz CT molecular complexity index is 317. The van der Waals surface area contributed by atoms with E-state index < -0.39 is 11.5 Å². The summed E-state index contributed by atoms with van der Waals surface area (Å²) in [6, 6.07) is 0. The van der Waals surface area contributed by atoms with Crippen LogP contribution in [-0.2, 0) is 14.3 Å². The van der Waals surface area contributed by atoms with Gasteiger partial charge in [0.15, 0.2) is 0 Å². The maximum Gasteiger partial charge on any atom is 0.329 e. The molecule has 5 heteroatoms. The lowest BCUT2D eigenvalue weighted by Gasteiger charge is -2.27. The summed E-state index contributed by atoms with van der Waals surface area (Å²) >= 11 is 0. The molecule has 2 N–H and O–H groups in total. The Morgan fingerprint density at radius 3 is 2.50 bits per heavy atom. The standard InChI is InChI=1S/C13H21NO4/c15-11(9-10-5-1-4-8-18-10)14-13(12(16)17)6-2-3-7-13/h10H,1-9H2,(H,14,15)(H,16,17). The van der Waals surface area contributed by atoms with Crippen LogP contribution in [0.15, 0.2) is 0 Å². The minimum atomic E-state index is -1.02. The SMILES string of the molecule is O=C(CC1CCCCO1)NC1(C(=O)O)CCCC1. The summed E-state index contributed by atoms with van der Waals surface area (Å²) in [6.07, 6.45) is 6.10. The Balaban J connectivity index is 1.87. The van der Waals surface area contributed by atoms with Gasteiger partial charge in [0, 0.05) is 6.61 Å². The van der Waals surface area contributed by atoms with Gasteiger partial charge in [-0.2, -0.15) is 0 Å². The van der Waals surface area contributed by atoms with Crippen LogP contribution in [0.3, 0.4) is 0 Å². The topological polar surface area (TPSA) is 75.6 Å². The molecule has 1 amide bonds. The maximum atomic E-state index is 11.9. The second-order valence-electron chi connectivity index (χ2n) is 5.34. The number of ether oxygens (including phenoxy) is 1. The Hall–Kier alpha value is -1.10. The molecule has 0 bridgehead atoms. The number of amides is 1. The monoisotopic (exact) mass is 255 g/mol. The van der Waals surface area contributed by atoms with E-state index in [0.29, 0.717) is 19.4 Å². The van der Waals surface area contributed by atoms with E-state index in [2.05, 4.69) is 5.32 Å². The minimum absolute atomic E-state index is 0.0361. The second kappa shape index (κ2) is 5.69. The first-order valence-corrected chi connectivity index (χ1v) is 6.78. The van der Waals surface area contributed by atoms with E-state index in [0.717, 1.165) is 32.1 Å². The van der Waals surface area contributed by atoms with Gasteiger partial charge in [-0.25, -0.2) is 4.79 Å². The maximum absolute atomic E-state index is 11.9. The Morgan fingerprint density at radius 2 is 1.94 bits per heavy atom. The van der Waals surface area contributed by atoms with Gasteiger partial charge in [-0.3, -0.25) is 4.79 Å². The van der Waals surface area contributed by atoms with Gasteiger partial charge in [0.2, 0.25) is 5.91 Å². The number of carboxylic acids is 1. The fourth-order valence-corrected chi connectivity index (χ4v) is 2.86. The van der Waals surface area contributed by atoms with Crippen molar-refractivity contribution >= 4 is 11.9 Å². The van der Waals surface area contributed by atoms with Gasteiger partial charge < -0.3 is 15.2 Å². The quantitative estimate of drug-likeness (QED) is 0.797. The van der Waals surface area contributed by atoms with Crippen molar-refractivity contribution in [2.75, 3.05) is 6.61 Å². The lowest BCUT2D eigenvalue weighted by molar-refractivity contribution is -0.148. The summed E-state index contributed by atoms with van der Waals surface area (Å²) in [5.74, 6) is -1.09. The molecule has 0 spiro atoms. The number of carboxylic acid groups (broad SMARTS) is 1. The molecule has 2 fully saturated rings. The average Bonchev–Trinajstić information content (AvgIpc) is 2.80. The Kier molecular flexibility index (Phi) is 4.22. The first-order valence-electron chi connectivity index (χ1n) is 6.78. The summed E-state index contributed by atoms with van der Waals surface area (Å²) in [7, 11) is 0. The van der Waals surface area contributed by atoms with E-state index in [-0.39, 0.29) is 18.4 Å². The third kappa shape index (κ3) is 3.02. The number of hydrogen-bond donors (Lipinski definition) is 2. The molecule has 0 radical (unpaired) electrons. The summed E-state index contributed by atoms with van der Waals surface area (Å²) < 4.78 is 5.50. The van der Waals surface area contributed by atoms with Crippen LogP contribution in [0.1, 0.15) is 51.4 Å². The molecule has 0 aromatic carbocycles. The van der Waals surface area contributed by atoms with Crippen LogP contribution in [0.5, 0.6) is 0 Å². The van der Waals surface area contributed by atoms with Crippen molar-refractivity contribution in [1.82, 2.24) is 5.32 Å². The predicted molar refractivity (Wildman–Crippen MR) is 65.2 cm³/mol. The third-order valence-corrected chi connectivity index (χ3v) is 3.93. The van der Waals surface area contributed by atoms with Crippen LogP contribution in [0, 0.1) is 0 Å². The molecule has 102 valence electrons. The van der Waals surface area contributed by atoms with Gasteiger partial charge in [-0.15, -0.1) is 0 Å². The van der Waals surface area contributed by atoms with Crippen LogP contribution in [0.4, 0.5) is 0 Å². The van der Waals surface area contributed by atoms with Crippen molar-refractivity contribution in [3.63, 3.8) is 0 Å². The van der Waals surface area contributed by atoms with Crippen LogP contribution in [0.25, 0.3) is 0 Å². The smallest absolute Gasteiger partial charge is 0.329 e. The van der Waals surface area contributed by atoms with E-state index in [1.165, 1.54) is 0 Å². The van der Waals surface area contributed by atoms with Crippen molar-refractivity contribution in [2.24, 2.45) is 0 Å². The molecular weight excluding hydrogens is 234 g/mol. The van der Waals surface area contributed by atoms with Gasteiger partial charge >= 0.3 is 5.97 Å². The molecule has 2 rings (SSSR count). The summed E-state index contributed by atoms with van der Waals surface area (Å²) in [6.45, 7) is 0.710. The summed E-state index contributed by atoms with van der Waals surface area (Å²) in [4.78, 5) is 23.2. The summed E-state index contributed by atoms with van der Waals surface area (Å²) in [5, 5.41) is 12.0. The van der Waals surface area contributed by atoms with Gasteiger partial charge in [0.1, 0.15) is 5.54 Å². The number of carbonyl (C=O) groups is 2. The molecule has 18 heavy (non-hydrogen) atoms. The highest BCUT2D eigenvalue weighted by molar-refractivity contribution is 5.87. The zero-order valence-corrected chi connectivity index (χ0v) is 10.6. The van der Waals surface area contributed by atoms with Gasteiger partial charge in [0.05, 0.1) is 12.5 Å². The molecule has 1 saturated carbocycles. The highest BCUT2D eigenvalue weighted by Gasteiger charge is 2.42. The van der Waals surface area contributed by atoms with E-state index in [9.17, 15) is 14.7 Å². The predicted octanol–water partition coefficient (Wildman–Crippen LogP) is 1.46. The van der Waals surface area contributed by atoms with Crippen LogP contribution in [-0.4, -0.2) is 35.2 Å². The fraction of sp³-hybridized carbons (Fsp3) is 0.846. The number of hydrogen-bond acceptors (Lipinski definition) is 3. The van der Waals surface area contributed by atoms with Crippen molar-refractivity contribution in [2.45, 2.75) is 63.0 Å². The first-order chi connectivity index (χ1) is 8.62. The molecule has 1 unspecified atom stereocenters. The average molecular weight is 255 g/mol. The third-order valence-electron chi connectivity index (χ3n) is 3.93. The van der Waals surface area contributed by atoms with Crippen LogP contribution in [0.2, 0.25) is 0 Å². The number of aliphatic carboxylic acids is 1. The van der Waals surface area contributed by atoms with Crippen molar-refractivity contribution < 1.29 is 19.4 Å². The first kappa shape index (κ1) is 13.3. The molecule has 0 aromatic heterocycles. The highest BCUT2D eigenvalue weighted by atomic mass is 16.5. The van der Waals surface area contributed by atoms with E-state index in [1.807, 2.05) is 0 Å². The molecule has 5 nitrogen and oxygen atoms in total. The summed E-state index contributed by atoms with van der Waals surface area (Å²) in [5.41, 5.74) is -1.02. The fourth-order valence-electron chi connectivity index (χ4n) is 2.86. The highest BCUT2D eigenvalue weighted by Crippen LogP contribution is 2.30. The Morgan fingerprint density at radius 1 is 1.22 bits per heavy atom. The van der Waals surface area contributed by atoms with Crippen molar-refractivity contribution in [3.8, 4) is 0 Å². The van der Waals surface area contributed by atoms with Crippen molar-refractivity contribution in [1.29, 1.82) is 0 Å². The normalized spacial score (nSPS) is 26.8. The molecule has 1 heterocycles. The van der Waals surface area contributed by atoms with Gasteiger partial charge in [-0.1, -0.05) is 12.8 Å². The lowest BCUT2D eigenvalue weighted by atomic mass is 9.97. The zero-order valence-electron chi connectivity index (χ0n) is 10.6. The van der Waals surface area contributed by atoms with E-state index in [1.54, 1.807) is 0 Å². The lowest BCUT2D eigenvalue weighted by Crippen LogP contribution is -2.53.